The number of halogens is 5. The van der Waals surface area contributed by atoms with Crippen molar-refractivity contribution in [2.75, 3.05) is 11.9 Å². The Bertz CT molecular complexity index is 718. The lowest BCUT2D eigenvalue weighted by molar-refractivity contribution is -0.137. The van der Waals surface area contributed by atoms with Gasteiger partial charge in [0, 0.05) is 12.2 Å². The molecule has 128 valence electrons. The van der Waals surface area contributed by atoms with E-state index in [1.165, 1.54) is 18.2 Å². The predicted octanol–water partition coefficient (Wildman–Crippen LogP) is 4.77. The number of nitrogens with one attached hydrogen (secondary N) is 2. The maximum Gasteiger partial charge on any atom is 0.416 e. The zero-order chi connectivity index (χ0) is 17.7. The molecule has 0 unspecified atom stereocenters. The number of urea groups is 1. The standard InChI is InChI=1S/C15H12Cl2F3N3O/c16-12-7-11(8-13(17)23-12)22-14(24)21-5-4-9-2-1-3-10(6-9)15(18,19)20/h1-3,6-8H,4-5H2,(H2,21,22,23,24). The van der Waals surface area contributed by atoms with Crippen molar-refractivity contribution in [1.82, 2.24) is 10.3 Å². The summed E-state index contributed by atoms with van der Waals surface area (Å²) in [4.78, 5) is 15.5. The first-order valence-electron chi connectivity index (χ1n) is 6.78. The lowest BCUT2D eigenvalue weighted by Crippen LogP contribution is -2.30. The number of aromatic nitrogens is 1. The smallest absolute Gasteiger partial charge is 0.338 e. The molecule has 0 aliphatic rings. The molecular formula is C15H12Cl2F3N3O. The highest BCUT2D eigenvalue weighted by atomic mass is 35.5. The van der Waals surface area contributed by atoms with Gasteiger partial charge in [0.2, 0.25) is 0 Å². The van der Waals surface area contributed by atoms with Gasteiger partial charge in [-0.3, -0.25) is 0 Å². The third kappa shape index (κ3) is 5.58. The van der Waals surface area contributed by atoms with Gasteiger partial charge in [-0.05, 0) is 30.2 Å². The van der Waals surface area contributed by atoms with Crippen LogP contribution < -0.4 is 10.6 Å². The van der Waals surface area contributed by atoms with E-state index in [4.69, 9.17) is 23.2 Å². The van der Waals surface area contributed by atoms with Crippen LogP contribution in [0.25, 0.3) is 0 Å². The second-order valence-corrected chi connectivity index (χ2v) is 5.60. The summed E-state index contributed by atoms with van der Waals surface area (Å²) in [6.45, 7) is 0.166. The average Bonchev–Trinajstić information content (AvgIpc) is 2.45. The normalized spacial score (nSPS) is 11.2. The largest absolute Gasteiger partial charge is 0.416 e. The van der Waals surface area contributed by atoms with Gasteiger partial charge in [0.1, 0.15) is 10.3 Å². The molecule has 0 bridgehead atoms. The Labute approximate surface area is 146 Å². The lowest BCUT2D eigenvalue weighted by Gasteiger charge is -2.10. The van der Waals surface area contributed by atoms with E-state index in [1.807, 2.05) is 0 Å². The fourth-order valence-corrected chi connectivity index (χ4v) is 2.40. The van der Waals surface area contributed by atoms with Crippen LogP contribution in [0.3, 0.4) is 0 Å². The summed E-state index contributed by atoms with van der Waals surface area (Å²) in [5, 5.41) is 5.30. The summed E-state index contributed by atoms with van der Waals surface area (Å²) < 4.78 is 37.9. The molecule has 1 heterocycles. The zero-order valence-corrected chi connectivity index (χ0v) is 13.6. The summed E-state index contributed by atoms with van der Waals surface area (Å²) in [6, 6.07) is 7.26. The maximum atomic E-state index is 12.6. The van der Waals surface area contributed by atoms with Gasteiger partial charge < -0.3 is 10.6 Å². The molecule has 0 spiro atoms. The van der Waals surface area contributed by atoms with Gasteiger partial charge in [-0.15, -0.1) is 0 Å². The van der Waals surface area contributed by atoms with Crippen molar-refractivity contribution in [3.05, 3.63) is 57.8 Å². The van der Waals surface area contributed by atoms with Gasteiger partial charge in [0.15, 0.2) is 0 Å². The summed E-state index contributed by atoms with van der Waals surface area (Å²) in [5.74, 6) is 0. The molecule has 4 nitrogen and oxygen atoms in total. The van der Waals surface area contributed by atoms with Crippen LogP contribution in [0, 0.1) is 0 Å². The number of amides is 2. The number of benzene rings is 1. The first-order chi connectivity index (χ1) is 11.2. The molecule has 2 amide bonds. The van der Waals surface area contributed by atoms with Gasteiger partial charge in [-0.25, -0.2) is 9.78 Å². The lowest BCUT2D eigenvalue weighted by atomic mass is 10.1. The number of carbonyl (C=O) groups excluding carboxylic acids is 1. The summed E-state index contributed by atoms with van der Waals surface area (Å²) in [7, 11) is 0. The molecule has 2 aromatic rings. The quantitative estimate of drug-likeness (QED) is 0.753. The van der Waals surface area contributed by atoms with Gasteiger partial charge in [0.25, 0.3) is 0 Å². The Morgan fingerprint density at radius 1 is 1.12 bits per heavy atom. The molecule has 0 radical (unpaired) electrons. The van der Waals surface area contributed by atoms with E-state index in [2.05, 4.69) is 15.6 Å². The van der Waals surface area contributed by atoms with Crippen LogP contribution >= 0.6 is 23.2 Å². The van der Waals surface area contributed by atoms with Crippen LogP contribution in [-0.2, 0) is 12.6 Å². The number of carbonyl (C=O) groups is 1. The van der Waals surface area contributed by atoms with Crippen molar-refractivity contribution in [2.24, 2.45) is 0 Å². The number of hydrogen-bond donors (Lipinski definition) is 2. The van der Waals surface area contributed by atoms with Crippen LogP contribution in [0.4, 0.5) is 23.7 Å². The Morgan fingerprint density at radius 3 is 2.42 bits per heavy atom. The molecule has 9 heteroatoms. The fourth-order valence-electron chi connectivity index (χ4n) is 1.94. The van der Waals surface area contributed by atoms with Crippen molar-refractivity contribution in [1.29, 1.82) is 0 Å². The molecule has 2 N–H and O–H groups in total. The van der Waals surface area contributed by atoms with Crippen LogP contribution in [-0.4, -0.2) is 17.6 Å². The van der Waals surface area contributed by atoms with Crippen molar-refractivity contribution >= 4 is 34.9 Å². The summed E-state index contributed by atoms with van der Waals surface area (Å²) in [5.41, 5.74) is 0.113. The minimum atomic E-state index is -4.39. The van der Waals surface area contributed by atoms with Crippen LogP contribution in [0.5, 0.6) is 0 Å². The van der Waals surface area contributed by atoms with Gasteiger partial charge in [-0.1, -0.05) is 41.4 Å². The molecule has 0 fully saturated rings. The SMILES string of the molecule is O=C(NCCc1cccc(C(F)(F)F)c1)Nc1cc(Cl)nc(Cl)c1. The molecule has 0 saturated carbocycles. The van der Waals surface area contributed by atoms with E-state index < -0.39 is 17.8 Å². The number of hydrogen-bond acceptors (Lipinski definition) is 2. The molecular weight excluding hydrogens is 366 g/mol. The van der Waals surface area contributed by atoms with Gasteiger partial charge in [0.05, 0.1) is 5.56 Å². The van der Waals surface area contributed by atoms with Gasteiger partial charge in [-0.2, -0.15) is 13.2 Å². The highest BCUT2D eigenvalue weighted by Crippen LogP contribution is 2.29. The summed E-state index contributed by atoms with van der Waals surface area (Å²) >= 11 is 11.4. The van der Waals surface area contributed by atoms with Crippen molar-refractivity contribution in [3.8, 4) is 0 Å². The van der Waals surface area contributed by atoms with Crippen molar-refractivity contribution in [2.45, 2.75) is 12.6 Å². The zero-order valence-electron chi connectivity index (χ0n) is 12.1. The number of nitrogens with zero attached hydrogens (tertiary/aromatic N) is 1. The average molecular weight is 378 g/mol. The second kappa shape index (κ2) is 7.72. The van der Waals surface area contributed by atoms with Crippen LogP contribution in [0.15, 0.2) is 36.4 Å². The minimum Gasteiger partial charge on any atom is -0.338 e. The molecule has 0 saturated heterocycles. The topological polar surface area (TPSA) is 54.0 Å². The first kappa shape index (κ1) is 18.4. The predicted molar refractivity (Wildman–Crippen MR) is 86.4 cm³/mol. The molecule has 1 aromatic heterocycles. The van der Waals surface area contributed by atoms with Gasteiger partial charge >= 0.3 is 12.2 Å². The highest BCUT2D eigenvalue weighted by Gasteiger charge is 2.30. The monoisotopic (exact) mass is 377 g/mol. The van der Waals surface area contributed by atoms with E-state index in [0.29, 0.717) is 11.3 Å². The molecule has 0 atom stereocenters. The third-order valence-corrected chi connectivity index (χ3v) is 3.36. The Hall–Kier alpha value is -1.99. The number of pyridine rings is 1. The van der Waals surface area contributed by atoms with E-state index in [-0.39, 0.29) is 23.3 Å². The first-order valence-corrected chi connectivity index (χ1v) is 7.54. The van der Waals surface area contributed by atoms with Crippen molar-refractivity contribution in [3.63, 3.8) is 0 Å². The van der Waals surface area contributed by atoms with Crippen LogP contribution in [0.2, 0.25) is 10.3 Å². The summed E-state index contributed by atoms with van der Waals surface area (Å²) in [6.07, 6.45) is -4.13. The van der Waals surface area contributed by atoms with E-state index in [0.717, 1.165) is 12.1 Å². The Balaban J connectivity index is 1.86. The highest BCUT2D eigenvalue weighted by molar-refractivity contribution is 6.32. The molecule has 1 aromatic carbocycles. The molecule has 2 rings (SSSR count). The second-order valence-electron chi connectivity index (χ2n) is 4.83. The fraction of sp³-hybridized carbons (Fsp3) is 0.200. The van der Waals surface area contributed by atoms with Crippen LogP contribution in [0.1, 0.15) is 11.1 Å². The van der Waals surface area contributed by atoms with E-state index >= 15 is 0 Å². The minimum absolute atomic E-state index is 0.127. The molecule has 0 aliphatic heterocycles. The molecule has 0 aliphatic carbocycles. The Kier molecular flexibility index (Phi) is 5.90. The number of anilines is 1. The molecule has 24 heavy (non-hydrogen) atoms. The van der Waals surface area contributed by atoms with Crippen molar-refractivity contribution < 1.29 is 18.0 Å². The van der Waals surface area contributed by atoms with E-state index in [1.54, 1.807) is 6.07 Å². The third-order valence-electron chi connectivity index (χ3n) is 2.97. The Morgan fingerprint density at radius 2 is 1.79 bits per heavy atom. The maximum absolute atomic E-state index is 12.6. The number of alkyl halides is 3. The number of rotatable bonds is 4. The van der Waals surface area contributed by atoms with E-state index in [9.17, 15) is 18.0 Å².